The second kappa shape index (κ2) is 4.52. The summed E-state index contributed by atoms with van der Waals surface area (Å²) in [5.74, 6) is 5.38. The van der Waals surface area contributed by atoms with Gasteiger partial charge < -0.3 is 25.9 Å². The Bertz CT molecular complexity index is 697. The summed E-state index contributed by atoms with van der Waals surface area (Å²) < 4.78 is 7.46. The number of rotatable bonds is 2. The molecule has 0 unspecified atom stereocenters. The molecule has 108 valence electrons. The van der Waals surface area contributed by atoms with Crippen LogP contribution >= 0.6 is 0 Å². The number of aliphatic hydroxyl groups excluding tert-OH is 3. The summed E-state index contributed by atoms with van der Waals surface area (Å²) in [5.41, 5.74) is -0.347. The van der Waals surface area contributed by atoms with Crippen molar-refractivity contribution in [2.24, 2.45) is 0 Å². The molecule has 20 heavy (non-hydrogen) atoms. The Morgan fingerprint density at radius 1 is 1.30 bits per heavy atom. The minimum Gasteiger partial charge on any atom is -0.394 e. The highest BCUT2D eigenvalue weighted by Gasteiger charge is 2.44. The van der Waals surface area contributed by atoms with E-state index in [4.69, 9.17) is 15.7 Å². The van der Waals surface area contributed by atoms with Gasteiger partial charge in [0.1, 0.15) is 24.6 Å². The first-order valence-corrected chi connectivity index (χ1v) is 5.86. The number of nitrogens with two attached hydrogens (primary N) is 1. The van der Waals surface area contributed by atoms with Gasteiger partial charge in [-0.05, 0) is 0 Å². The molecule has 0 radical (unpaired) electrons. The van der Waals surface area contributed by atoms with E-state index in [9.17, 15) is 15.0 Å². The predicted octanol–water partition coefficient (Wildman–Crippen LogP) is -3.08. The number of ether oxygens (including phenoxy) is 1. The average molecular weight is 283 g/mol. The van der Waals surface area contributed by atoms with Gasteiger partial charge in [-0.15, -0.1) is 0 Å². The van der Waals surface area contributed by atoms with Crippen LogP contribution in [0, 0.1) is 0 Å². The first-order chi connectivity index (χ1) is 9.54. The Kier molecular flexibility index (Phi) is 2.94. The van der Waals surface area contributed by atoms with Gasteiger partial charge in [0.15, 0.2) is 17.4 Å². The largest absolute Gasteiger partial charge is 0.394 e. The molecule has 1 aliphatic heterocycles. The number of aliphatic hydroxyl groups is 3. The van der Waals surface area contributed by atoms with Crippen molar-refractivity contribution in [1.82, 2.24) is 19.2 Å². The number of nitrogens with zero attached hydrogens (tertiary/aromatic N) is 4. The lowest BCUT2D eigenvalue weighted by molar-refractivity contribution is -0.0511. The van der Waals surface area contributed by atoms with Crippen molar-refractivity contribution in [3.05, 3.63) is 23.0 Å². The van der Waals surface area contributed by atoms with E-state index in [1.807, 2.05) is 0 Å². The van der Waals surface area contributed by atoms with Gasteiger partial charge in [0.05, 0.1) is 12.9 Å². The molecule has 3 heterocycles. The predicted molar refractivity (Wildman–Crippen MR) is 64.9 cm³/mol. The maximum atomic E-state index is 11.8. The fraction of sp³-hybridized carbons (Fsp3) is 0.500. The molecule has 4 atom stereocenters. The van der Waals surface area contributed by atoms with Gasteiger partial charge in [-0.25, -0.2) is 14.6 Å². The lowest BCUT2D eigenvalue weighted by Crippen LogP contribution is -2.33. The van der Waals surface area contributed by atoms with Crippen LogP contribution in [0.5, 0.6) is 0 Å². The van der Waals surface area contributed by atoms with Gasteiger partial charge in [0, 0.05) is 0 Å². The van der Waals surface area contributed by atoms with Crippen LogP contribution in [-0.2, 0) is 4.74 Å². The van der Waals surface area contributed by atoms with Crippen molar-refractivity contribution < 1.29 is 20.1 Å². The molecule has 0 bridgehead atoms. The van der Waals surface area contributed by atoms with Crippen LogP contribution in [0.2, 0.25) is 0 Å². The standard InChI is InChI=1S/C10H13N5O5/c11-15-3-13-8-5(9(15)19)12-2-14(8)10-7(18)6(17)4(1-16)20-10/h2-4,6-7,10,16-18H,1,11H2/t4-,6+,7+,10+/m0/s1. The molecule has 2 aromatic rings. The third-order valence-electron chi connectivity index (χ3n) is 3.30. The number of fused-ring (bicyclic) bond motifs is 1. The second-order valence-electron chi connectivity index (χ2n) is 4.51. The van der Waals surface area contributed by atoms with E-state index in [0.29, 0.717) is 0 Å². The molecule has 10 heteroatoms. The van der Waals surface area contributed by atoms with E-state index < -0.39 is 36.7 Å². The topological polar surface area (TPSA) is 149 Å². The number of aromatic nitrogens is 4. The quantitative estimate of drug-likeness (QED) is 0.424. The Balaban J connectivity index is 2.08. The highest BCUT2D eigenvalue weighted by molar-refractivity contribution is 5.69. The Morgan fingerprint density at radius 2 is 2.05 bits per heavy atom. The van der Waals surface area contributed by atoms with Crippen molar-refractivity contribution in [3.8, 4) is 0 Å². The van der Waals surface area contributed by atoms with E-state index in [0.717, 1.165) is 11.0 Å². The molecule has 0 saturated carbocycles. The molecule has 2 aromatic heterocycles. The van der Waals surface area contributed by atoms with Crippen LogP contribution in [0.3, 0.4) is 0 Å². The van der Waals surface area contributed by atoms with Gasteiger partial charge in [-0.1, -0.05) is 0 Å². The molecule has 10 nitrogen and oxygen atoms in total. The molecular weight excluding hydrogens is 270 g/mol. The maximum absolute atomic E-state index is 11.8. The molecule has 1 fully saturated rings. The number of hydrogen-bond donors (Lipinski definition) is 4. The zero-order valence-electron chi connectivity index (χ0n) is 10.2. The van der Waals surface area contributed by atoms with Crippen LogP contribution in [0.4, 0.5) is 0 Å². The molecule has 1 saturated heterocycles. The van der Waals surface area contributed by atoms with Crippen molar-refractivity contribution in [2.75, 3.05) is 12.4 Å². The van der Waals surface area contributed by atoms with Crippen LogP contribution in [0.15, 0.2) is 17.4 Å². The van der Waals surface area contributed by atoms with Crippen LogP contribution in [0.25, 0.3) is 11.2 Å². The van der Waals surface area contributed by atoms with Crippen LogP contribution in [-0.4, -0.2) is 59.4 Å². The third-order valence-corrected chi connectivity index (χ3v) is 3.30. The van der Waals surface area contributed by atoms with Crippen molar-refractivity contribution in [1.29, 1.82) is 0 Å². The number of hydrogen-bond acceptors (Lipinski definition) is 8. The highest BCUT2D eigenvalue weighted by Crippen LogP contribution is 2.30. The van der Waals surface area contributed by atoms with E-state index in [2.05, 4.69) is 9.97 Å². The molecule has 3 rings (SSSR count). The van der Waals surface area contributed by atoms with Gasteiger partial charge in [0.25, 0.3) is 5.56 Å². The van der Waals surface area contributed by atoms with Crippen molar-refractivity contribution >= 4 is 11.2 Å². The minimum atomic E-state index is -1.27. The van der Waals surface area contributed by atoms with E-state index in [1.165, 1.54) is 10.9 Å². The van der Waals surface area contributed by atoms with Crippen molar-refractivity contribution in [3.63, 3.8) is 0 Å². The average Bonchev–Trinajstić information content (AvgIpc) is 2.98. The van der Waals surface area contributed by atoms with Crippen LogP contribution < -0.4 is 11.4 Å². The molecule has 1 aliphatic rings. The first kappa shape index (κ1) is 13.0. The normalized spacial score (nSPS) is 30.1. The van der Waals surface area contributed by atoms with E-state index in [-0.39, 0.29) is 11.2 Å². The summed E-state index contributed by atoms with van der Waals surface area (Å²) in [6.07, 6.45) is -2.04. The lowest BCUT2D eigenvalue weighted by atomic mass is 10.1. The molecule has 0 amide bonds. The fourth-order valence-electron chi connectivity index (χ4n) is 2.22. The van der Waals surface area contributed by atoms with Gasteiger partial charge in [0.2, 0.25) is 0 Å². The SMILES string of the molecule is Nn1cnc2c(ncn2[C@@H]2O[C@@H](CO)[C@@H](O)[C@H]2O)c1=O. The molecule has 5 N–H and O–H groups in total. The molecule has 0 aromatic carbocycles. The smallest absolute Gasteiger partial charge is 0.299 e. The summed E-state index contributed by atoms with van der Waals surface area (Å²) in [4.78, 5) is 19.6. The van der Waals surface area contributed by atoms with E-state index >= 15 is 0 Å². The monoisotopic (exact) mass is 283 g/mol. The Morgan fingerprint density at radius 3 is 2.70 bits per heavy atom. The second-order valence-corrected chi connectivity index (χ2v) is 4.51. The van der Waals surface area contributed by atoms with E-state index in [1.54, 1.807) is 0 Å². The summed E-state index contributed by atoms with van der Waals surface area (Å²) in [6.45, 7) is -0.440. The van der Waals surface area contributed by atoms with Gasteiger partial charge >= 0.3 is 0 Å². The number of nitrogen functional groups attached to an aromatic ring is 1. The summed E-state index contributed by atoms with van der Waals surface area (Å²) in [5, 5.41) is 28.7. The zero-order valence-corrected chi connectivity index (χ0v) is 10.2. The maximum Gasteiger partial charge on any atom is 0.299 e. The Labute approximate surface area is 111 Å². The first-order valence-electron chi connectivity index (χ1n) is 5.86. The highest BCUT2D eigenvalue weighted by atomic mass is 16.6. The third kappa shape index (κ3) is 1.70. The number of imidazole rings is 1. The zero-order chi connectivity index (χ0) is 14.4. The van der Waals surface area contributed by atoms with Gasteiger partial charge in [-0.3, -0.25) is 9.36 Å². The summed E-state index contributed by atoms with van der Waals surface area (Å²) in [7, 11) is 0. The summed E-state index contributed by atoms with van der Waals surface area (Å²) >= 11 is 0. The van der Waals surface area contributed by atoms with Gasteiger partial charge in [-0.2, -0.15) is 0 Å². The minimum absolute atomic E-state index is 0.0211. The molecular formula is C10H13N5O5. The summed E-state index contributed by atoms with van der Waals surface area (Å²) in [6, 6.07) is 0. The lowest BCUT2D eigenvalue weighted by Gasteiger charge is -2.16. The molecule has 0 aliphatic carbocycles. The molecule has 0 spiro atoms. The van der Waals surface area contributed by atoms with Crippen molar-refractivity contribution in [2.45, 2.75) is 24.5 Å². The Hall–Kier alpha value is -2.01. The van der Waals surface area contributed by atoms with Crippen LogP contribution in [0.1, 0.15) is 6.23 Å². The fourth-order valence-corrected chi connectivity index (χ4v) is 2.22.